The highest BCUT2D eigenvalue weighted by Crippen LogP contribution is 2.18. The van der Waals surface area contributed by atoms with Crippen molar-refractivity contribution in [3.05, 3.63) is 70.1 Å². The summed E-state index contributed by atoms with van der Waals surface area (Å²) in [5.41, 5.74) is 3.75. The first-order valence-corrected chi connectivity index (χ1v) is 9.31. The maximum Gasteiger partial charge on any atom is 0.0584 e. The van der Waals surface area contributed by atoms with Crippen LogP contribution in [0.25, 0.3) is 11.6 Å². The molecule has 1 aliphatic carbocycles. The van der Waals surface area contributed by atoms with Crippen molar-refractivity contribution in [1.82, 2.24) is 5.32 Å². The van der Waals surface area contributed by atoms with Crippen molar-refractivity contribution in [2.75, 3.05) is 7.05 Å². The van der Waals surface area contributed by atoms with E-state index in [1.807, 2.05) is 13.1 Å². The summed E-state index contributed by atoms with van der Waals surface area (Å²) in [6, 6.07) is 16.8. The summed E-state index contributed by atoms with van der Waals surface area (Å²) in [6.07, 6.45) is 4.88. The monoisotopic (exact) mass is 387 g/mol. The zero-order chi connectivity index (χ0) is 17.6. The Labute approximate surface area is 167 Å². The number of hydrogen-bond donors (Lipinski definition) is 2. The Balaban J connectivity index is 0.00000243. The highest BCUT2D eigenvalue weighted by Gasteiger charge is 2.15. The van der Waals surface area contributed by atoms with E-state index >= 15 is 0 Å². The SMILES string of the molecule is CNCc1ccccc1CCC(O)CC1=c2ccccc2=CCC1=S.Cl. The number of halogens is 1. The molecule has 2 nitrogen and oxygen atoms in total. The van der Waals surface area contributed by atoms with E-state index in [1.54, 1.807) is 0 Å². The van der Waals surface area contributed by atoms with Gasteiger partial charge >= 0.3 is 0 Å². The second-order valence-corrected chi connectivity index (χ2v) is 7.09. The van der Waals surface area contributed by atoms with E-state index in [1.165, 1.54) is 21.6 Å². The van der Waals surface area contributed by atoms with Crippen LogP contribution in [-0.2, 0) is 13.0 Å². The average Bonchev–Trinajstić information content (AvgIpc) is 2.64. The molecule has 0 heterocycles. The second kappa shape index (κ2) is 9.98. The third-order valence-electron chi connectivity index (χ3n) is 4.80. The zero-order valence-corrected chi connectivity index (χ0v) is 16.7. The maximum absolute atomic E-state index is 10.6. The van der Waals surface area contributed by atoms with E-state index in [9.17, 15) is 5.11 Å². The van der Waals surface area contributed by atoms with Gasteiger partial charge in [-0.25, -0.2) is 0 Å². The van der Waals surface area contributed by atoms with Gasteiger partial charge in [-0.1, -0.05) is 66.8 Å². The Morgan fingerprint density at radius 2 is 1.77 bits per heavy atom. The number of hydrogen-bond acceptors (Lipinski definition) is 3. The molecule has 0 saturated carbocycles. The summed E-state index contributed by atoms with van der Waals surface area (Å²) in [5, 5.41) is 16.3. The van der Waals surface area contributed by atoms with Crippen molar-refractivity contribution in [2.45, 2.75) is 38.3 Å². The predicted molar refractivity (Wildman–Crippen MR) is 116 cm³/mol. The van der Waals surface area contributed by atoms with Crippen molar-refractivity contribution < 1.29 is 5.11 Å². The fraction of sp³-hybridized carbons (Fsp3) is 0.318. The van der Waals surface area contributed by atoms with Crippen LogP contribution in [0.15, 0.2) is 48.5 Å². The van der Waals surface area contributed by atoms with Gasteiger partial charge in [0.1, 0.15) is 0 Å². The minimum atomic E-state index is -0.373. The van der Waals surface area contributed by atoms with E-state index in [0.29, 0.717) is 6.42 Å². The Hall–Kier alpha value is -1.52. The molecule has 0 radical (unpaired) electrons. The van der Waals surface area contributed by atoms with Crippen LogP contribution in [0.4, 0.5) is 0 Å². The number of fused-ring (bicyclic) bond motifs is 1. The second-order valence-electron chi connectivity index (χ2n) is 6.59. The van der Waals surface area contributed by atoms with Gasteiger partial charge in [-0.05, 0) is 47.0 Å². The van der Waals surface area contributed by atoms with E-state index in [0.717, 1.165) is 36.2 Å². The molecule has 0 spiro atoms. The molecule has 2 aromatic carbocycles. The van der Waals surface area contributed by atoms with Crippen LogP contribution in [0.3, 0.4) is 0 Å². The van der Waals surface area contributed by atoms with Crippen LogP contribution >= 0.6 is 24.6 Å². The molecule has 2 N–H and O–H groups in total. The molecule has 1 unspecified atom stereocenters. The molecule has 0 aromatic heterocycles. The number of benzene rings is 2. The first-order valence-electron chi connectivity index (χ1n) is 8.90. The first kappa shape index (κ1) is 20.8. The van der Waals surface area contributed by atoms with Crippen LogP contribution in [0.2, 0.25) is 0 Å². The minimum Gasteiger partial charge on any atom is -0.393 e. The number of aryl methyl sites for hydroxylation is 1. The summed E-state index contributed by atoms with van der Waals surface area (Å²) in [6.45, 7) is 0.858. The van der Waals surface area contributed by atoms with Crippen molar-refractivity contribution in [2.24, 2.45) is 0 Å². The summed E-state index contributed by atoms with van der Waals surface area (Å²) in [7, 11) is 1.96. The highest BCUT2D eigenvalue weighted by atomic mass is 35.5. The molecule has 1 aliphatic rings. The van der Waals surface area contributed by atoms with Crippen molar-refractivity contribution in [1.29, 1.82) is 0 Å². The first-order chi connectivity index (χ1) is 12.2. The zero-order valence-electron chi connectivity index (χ0n) is 15.1. The van der Waals surface area contributed by atoms with Crippen LogP contribution < -0.4 is 15.8 Å². The number of rotatable bonds is 7. The topological polar surface area (TPSA) is 32.3 Å². The van der Waals surface area contributed by atoms with Crippen molar-refractivity contribution in [3.63, 3.8) is 0 Å². The molecule has 0 aliphatic heterocycles. The minimum absolute atomic E-state index is 0. The van der Waals surface area contributed by atoms with E-state index < -0.39 is 0 Å². The molecular weight excluding hydrogens is 362 g/mol. The van der Waals surface area contributed by atoms with Crippen molar-refractivity contribution in [3.8, 4) is 0 Å². The molecule has 26 heavy (non-hydrogen) atoms. The van der Waals surface area contributed by atoms with Gasteiger partial charge < -0.3 is 10.4 Å². The van der Waals surface area contributed by atoms with E-state index in [4.69, 9.17) is 12.2 Å². The highest BCUT2D eigenvalue weighted by molar-refractivity contribution is 7.81. The molecule has 0 fully saturated rings. The van der Waals surface area contributed by atoms with Crippen LogP contribution in [-0.4, -0.2) is 23.1 Å². The molecule has 1 atom stereocenters. The molecular formula is C22H26ClNOS. The number of aliphatic hydroxyl groups excluding tert-OH is 1. The average molecular weight is 388 g/mol. The van der Waals surface area contributed by atoms with Gasteiger partial charge in [0.2, 0.25) is 0 Å². The van der Waals surface area contributed by atoms with Crippen LogP contribution in [0.1, 0.15) is 30.4 Å². The number of nitrogens with one attached hydrogen (secondary N) is 1. The van der Waals surface area contributed by atoms with Gasteiger partial charge in [-0.15, -0.1) is 12.4 Å². The smallest absolute Gasteiger partial charge is 0.0584 e. The van der Waals surface area contributed by atoms with Crippen LogP contribution in [0, 0.1) is 0 Å². The number of thiocarbonyl (C=S) groups is 1. The van der Waals surface area contributed by atoms with E-state index in [2.05, 4.69) is 53.9 Å². The largest absolute Gasteiger partial charge is 0.393 e. The molecule has 3 rings (SSSR count). The normalized spacial score (nSPS) is 14.2. The Morgan fingerprint density at radius 3 is 2.54 bits per heavy atom. The van der Waals surface area contributed by atoms with Gasteiger partial charge in [0, 0.05) is 24.3 Å². The molecule has 0 amide bonds. The molecule has 0 saturated heterocycles. The lowest BCUT2D eigenvalue weighted by atomic mass is 9.92. The lowest BCUT2D eigenvalue weighted by molar-refractivity contribution is 0.170. The Kier molecular flexibility index (Phi) is 7.98. The lowest BCUT2D eigenvalue weighted by Gasteiger charge is -2.17. The van der Waals surface area contributed by atoms with Gasteiger partial charge in [0.25, 0.3) is 0 Å². The Bertz CT molecular complexity index is 878. The van der Waals surface area contributed by atoms with Gasteiger partial charge in [0.05, 0.1) is 6.10 Å². The van der Waals surface area contributed by atoms with Crippen molar-refractivity contribution >= 4 is 41.1 Å². The third kappa shape index (κ3) is 5.01. The quantitative estimate of drug-likeness (QED) is 0.716. The summed E-state index contributed by atoms with van der Waals surface area (Å²) < 4.78 is 0. The summed E-state index contributed by atoms with van der Waals surface area (Å²) in [5.74, 6) is 0. The molecule has 0 bridgehead atoms. The Morgan fingerprint density at radius 1 is 1.08 bits per heavy atom. The molecule has 138 valence electrons. The van der Waals surface area contributed by atoms with Crippen LogP contribution in [0.5, 0.6) is 0 Å². The van der Waals surface area contributed by atoms with Gasteiger partial charge in [-0.2, -0.15) is 0 Å². The standard InChI is InChI=1S/C22H25NOS.ClH/c1-23-15-18-8-3-2-6-16(18)10-12-19(24)14-21-20-9-5-4-7-17(20)11-13-22(21)25;/h2-9,11,19,23-24H,10,12-15H2,1H3;1H. The summed E-state index contributed by atoms with van der Waals surface area (Å²) in [4.78, 5) is 0.966. The molecule has 2 aromatic rings. The van der Waals surface area contributed by atoms with Gasteiger partial charge in [0.15, 0.2) is 0 Å². The lowest BCUT2D eigenvalue weighted by Crippen LogP contribution is -2.33. The van der Waals surface area contributed by atoms with Gasteiger partial charge in [-0.3, -0.25) is 0 Å². The fourth-order valence-corrected chi connectivity index (χ4v) is 3.75. The summed E-state index contributed by atoms with van der Waals surface area (Å²) >= 11 is 5.57. The fourth-order valence-electron chi connectivity index (χ4n) is 3.47. The molecule has 4 heteroatoms. The predicted octanol–water partition coefficient (Wildman–Crippen LogP) is 2.92. The third-order valence-corrected chi connectivity index (χ3v) is 5.22. The maximum atomic E-state index is 10.6. The number of aliphatic hydroxyl groups is 1. The van der Waals surface area contributed by atoms with E-state index in [-0.39, 0.29) is 18.5 Å².